The zero-order chi connectivity index (χ0) is 14.4. The summed E-state index contributed by atoms with van der Waals surface area (Å²) in [6.07, 6.45) is 0. The SMILES string of the molecule is COc1ccccc1N(C)CCNc1ccc(F)cc1. The summed E-state index contributed by atoms with van der Waals surface area (Å²) in [5.41, 5.74) is 1.97. The maximum atomic E-state index is 12.8. The molecule has 0 aliphatic rings. The number of halogens is 1. The zero-order valence-corrected chi connectivity index (χ0v) is 11.8. The number of methoxy groups -OCH3 is 1. The summed E-state index contributed by atoms with van der Waals surface area (Å²) in [6.45, 7) is 1.58. The summed E-state index contributed by atoms with van der Waals surface area (Å²) < 4.78 is 18.1. The van der Waals surface area contributed by atoms with Gasteiger partial charge in [-0.25, -0.2) is 4.39 Å². The first-order valence-electron chi connectivity index (χ1n) is 6.54. The van der Waals surface area contributed by atoms with E-state index in [1.807, 2.05) is 31.3 Å². The molecule has 0 heterocycles. The van der Waals surface area contributed by atoms with E-state index in [4.69, 9.17) is 4.74 Å². The Bertz CT molecular complexity index is 542. The van der Waals surface area contributed by atoms with Gasteiger partial charge in [-0.1, -0.05) is 12.1 Å². The number of benzene rings is 2. The van der Waals surface area contributed by atoms with Crippen molar-refractivity contribution in [3.05, 3.63) is 54.3 Å². The molecular weight excluding hydrogens is 255 g/mol. The Balaban J connectivity index is 1.89. The minimum Gasteiger partial charge on any atom is -0.495 e. The van der Waals surface area contributed by atoms with Crippen molar-refractivity contribution in [2.24, 2.45) is 0 Å². The van der Waals surface area contributed by atoms with Crippen molar-refractivity contribution in [3.63, 3.8) is 0 Å². The van der Waals surface area contributed by atoms with Crippen molar-refractivity contribution >= 4 is 11.4 Å². The topological polar surface area (TPSA) is 24.5 Å². The van der Waals surface area contributed by atoms with Crippen LogP contribution in [-0.4, -0.2) is 27.2 Å². The predicted octanol–water partition coefficient (Wildman–Crippen LogP) is 3.38. The van der Waals surface area contributed by atoms with Crippen LogP contribution >= 0.6 is 0 Å². The molecule has 2 rings (SSSR count). The lowest BCUT2D eigenvalue weighted by atomic mass is 10.2. The van der Waals surface area contributed by atoms with Crippen LogP contribution in [0.5, 0.6) is 5.75 Å². The van der Waals surface area contributed by atoms with Crippen LogP contribution in [0.25, 0.3) is 0 Å². The van der Waals surface area contributed by atoms with Gasteiger partial charge in [0.05, 0.1) is 12.8 Å². The molecule has 0 aromatic heterocycles. The molecule has 2 aromatic rings. The summed E-state index contributed by atoms with van der Waals surface area (Å²) in [4.78, 5) is 2.12. The van der Waals surface area contributed by atoms with Gasteiger partial charge in [0.15, 0.2) is 0 Å². The van der Waals surface area contributed by atoms with E-state index < -0.39 is 0 Å². The summed E-state index contributed by atoms with van der Waals surface area (Å²) in [5, 5.41) is 3.26. The van der Waals surface area contributed by atoms with Gasteiger partial charge in [0.2, 0.25) is 0 Å². The van der Waals surface area contributed by atoms with Gasteiger partial charge in [-0.15, -0.1) is 0 Å². The normalized spacial score (nSPS) is 10.2. The average molecular weight is 274 g/mol. The third-order valence-corrected chi connectivity index (χ3v) is 3.12. The summed E-state index contributed by atoms with van der Waals surface area (Å²) in [6, 6.07) is 14.3. The number of nitrogens with zero attached hydrogens (tertiary/aromatic N) is 1. The zero-order valence-electron chi connectivity index (χ0n) is 11.8. The second-order valence-electron chi connectivity index (χ2n) is 4.53. The molecule has 106 valence electrons. The van der Waals surface area contributed by atoms with Crippen LogP contribution in [-0.2, 0) is 0 Å². The van der Waals surface area contributed by atoms with E-state index >= 15 is 0 Å². The predicted molar refractivity (Wildman–Crippen MR) is 81.2 cm³/mol. The summed E-state index contributed by atoms with van der Waals surface area (Å²) in [5.74, 6) is 0.637. The lowest BCUT2D eigenvalue weighted by Crippen LogP contribution is -2.25. The van der Waals surface area contributed by atoms with Gasteiger partial charge in [0.1, 0.15) is 11.6 Å². The Morgan fingerprint density at radius 1 is 1.10 bits per heavy atom. The lowest BCUT2D eigenvalue weighted by molar-refractivity contribution is 0.415. The van der Waals surface area contributed by atoms with Gasteiger partial charge in [0, 0.05) is 25.8 Å². The Kier molecular flexibility index (Phi) is 4.82. The Morgan fingerprint density at radius 2 is 1.80 bits per heavy atom. The van der Waals surface area contributed by atoms with Crippen molar-refractivity contribution in [2.75, 3.05) is 37.5 Å². The fourth-order valence-corrected chi connectivity index (χ4v) is 2.00. The Hall–Kier alpha value is -2.23. The number of hydrogen-bond acceptors (Lipinski definition) is 3. The molecular formula is C16H19FN2O. The highest BCUT2D eigenvalue weighted by Gasteiger charge is 2.06. The van der Waals surface area contributed by atoms with Gasteiger partial charge in [-0.2, -0.15) is 0 Å². The van der Waals surface area contributed by atoms with Gasteiger partial charge in [-0.3, -0.25) is 0 Å². The number of rotatable bonds is 6. The Morgan fingerprint density at radius 3 is 2.50 bits per heavy atom. The van der Waals surface area contributed by atoms with E-state index in [9.17, 15) is 4.39 Å². The molecule has 3 nitrogen and oxygen atoms in total. The summed E-state index contributed by atoms with van der Waals surface area (Å²) in [7, 11) is 3.69. The number of ether oxygens (including phenoxy) is 1. The van der Waals surface area contributed by atoms with Gasteiger partial charge in [0.25, 0.3) is 0 Å². The molecule has 20 heavy (non-hydrogen) atoms. The molecule has 0 unspecified atom stereocenters. The monoisotopic (exact) mass is 274 g/mol. The van der Waals surface area contributed by atoms with Gasteiger partial charge >= 0.3 is 0 Å². The third kappa shape index (κ3) is 3.63. The highest BCUT2D eigenvalue weighted by atomic mass is 19.1. The lowest BCUT2D eigenvalue weighted by Gasteiger charge is -2.22. The minimum absolute atomic E-state index is 0.221. The van der Waals surface area contributed by atoms with Crippen LogP contribution in [0.2, 0.25) is 0 Å². The minimum atomic E-state index is -0.221. The van der Waals surface area contributed by atoms with Crippen molar-refractivity contribution in [1.29, 1.82) is 0 Å². The second kappa shape index (κ2) is 6.80. The highest BCUT2D eigenvalue weighted by molar-refractivity contribution is 5.58. The van der Waals surface area contributed by atoms with Crippen LogP contribution in [0.1, 0.15) is 0 Å². The van der Waals surface area contributed by atoms with Crippen LogP contribution in [0.3, 0.4) is 0 Å². The first kappa shape index (κ1) is 14.2. The fourth-order valence-electron chi connectivity index (χ4n) is 2.00. The van der Waals surface area contributed by atoms with Crippen LogP contribution in [0.15, 0.2) is 48.5 Å². The standard InChI is InChI=1S/C16H19FN2O/c1-19(15-5-3-4-6-16(15)20-2)12-11-18-14-9-7-13(17)8-10-14/h3-10,18H,11-12H2,1-2H3. The number of para-hydroxylation sites is 2. The molecule has 0 saturated carbocycles. The molecule has 2 aromatic carbocycles. The van der Waals surface area contributed by atoms with Gasteiger partial charge < -0.3 is 15.0 Å². The highest BCUT2D eigenvalue weighted by Crippen LogP contribution is 2.26. The average Bonchev–Trinajstić information content (AvgIpc) is 2.49. The van der Waals surface area contributed by atoms with Crippen molar-refractivity contribution in [1.82, 2.24) is 0 Å². The van der Waals surface area contributed by atoms with E-state index in [0.29, 0.717) is 0 Å². The van der Waals surface area contributed by atoms with Crippen molar-refractivity contribution < 1.29 is 9.13 Å². The molecule has 0 atom stereocenters. The smallest absolute Gasteiger partial charge is 0.142 e. The molecule has 0 spiro atoms. The quantitative estimate of drug-likeness (QED) is 0.874. The number of likely N-dealkylation sites (N-methyl/N-ethyl adjacent to an activating group) is 1. The largest absolute Gasteiger partial charge is 0.495 e. The number of hydrogen-bond donors (Lipinski definition) is 1. The molecule has 0 amide bonds. The van der Waals surface area contributed by atoms with Crippen molar-refractivity contribution in [2.45, 2.75) is 0 Å². The number of anilines is 2. The maximum absolute atomic E-state index is 12.8. The van der Waals surface area contributed by atoms with E-state index in [-0.39, 0.29) is 5.82 Å². The first-order chi connectivity index (χ1) is 9.70. The van der Waals surface area contributed by atoms with Crippen LogP contribution in [0.4, 0.5) is 15.8 Å². The van der Waals surface area contributed by atoms with Crippen molar-refractivity contribution in [3.8, 4) is 5.75 Å². The number of nitrogens with one attached hydrogen (secondary N) is 1. The van der Waals surface area contributed by atoms with E-state index in [2.05, 4.69) is 10.2 Å². The molecule has 0 radical (unpaired) electrons. The molecule has 0 fully saturated rings. The van der Waals surface area contributed by atoms with Crippen LogP contribution in [0, 0.1) is 5.82 Å². The van der Waals surface area contributed by atoms with Crippen LogP contribution < -0.4 is 15.0 Å². The fraction of sp³-hybridized carbons (Fsp3) is 0.250. The molecule has 4 heteroatoms. The molecule has 0 aliphatic carbocycles. The molecule has 1 N–H and O–H groups in total. The van der Waals surface area contributed by atoms with E-state index in [1.54, 1.807) is 19.2 Å². The van der Waals surface area contributed by atoms with E-state index in [1.165, 1.54) is 12.1 Å². The summed E-state index contributed by atoms with van der Waals surface area (Å²) >= 11 is 0. The molecule has 0 aliphatic heterocycles. The second-order valence-corrected chi connectivity index (χ2v) is 4.53. The van der Waals surface area contributed by atoms with E-state index in [0.717, 1.165) is 30.2 Å². The maximum Gasteiger partial charge on any atom is 0.142 e. The molecule has 0 saturated heterocycles. The third-order valence-electron chi connectivity index (χ3n) is 3.12. The first-order valence-corrected chi connectivity index (χ1v) is 6.54. The Labute approximate surface area is 119 Å². The van der Waals surface area contributed by atoms with Gasteiger partial charge in [-0.05, 0) is 36.4 Å². The molecule has 0 bridgehead atoms.